The van der Waals surface area contributed by atoms with Gasteiger partial charge in [-0.1, -0.05) is 11.6 Å². The van der Waals surface area contributed by atoms with Crippen molar-refractivity contribution in [1.29, 1.82) is 0 Å². The van der Waals surface area contributed by atoms with E-state index in [0.717, 1.165) is 12.1 Å². The molecule has 0 atom stereocenters. The number of hydrogen-bond acceptors (Lipinski definition) is 8. The molecule has 0 fully saturated rings. The monoisotopic (exact) mass is 438 g/mol. The predicted molar refractivity (Wildman–Crippen MR) is 106 cm³/mol. The average molecular weight is 439 g/mol. The van der Waals surface area contributed by atoms with Gasteiger partial charge >= 0.3 is 5.97 Å². The van der Waals surface area contributed by atoms with Gasteiger partial charge in [0.2, 0.25) is 0 Å². The van der Waals surface area contributed by atoms with E-state index in [1.807, 2.05) is 0 Å². The fraction of sp³-hybridized carbons (Fsp3) is 0.263. The van der Waals surface area contributed by atoms with Crippen molar-refractivity contribution < 1.29 is 33.5 Å². The molecule has 11 heteroatoms. The molecule has 0 aliphatic carbocycles. The molecular formula is C19H19ClN2O8. The first-order valence-electron chi connectivity index (χ1n) is 8.47. The molecule has 0 aliphatic heterocycles. The first-order valence-corrected chi connectivity index (χ1v) is 8.85. The number of carbonyl (C=O) groups excluding carboxylic acids is 2. The van der Waals surface area contributed by atoms with Crippen molar-refractivity contribution in [2.75, 3.05) is 27.9 Å². The maximum absolute atomic E-state index is 12.1. The number of nitrogens with zero attached hydrogens (tertiary/aromatic N) is 1. The van der Waals surface area contributed by atoms with E-state index >= 15 is 0 Å². The van der Waals surface area contributed by atoms with Crippen LogP contribution in [-0.4, -0.2) is 44.7 Å². The quantitative estimate of drug-likeness (QED) is 0.359. The summed E-state index contributed by atoms with van der Waals surface area (Å²) in [6, 6.07) is 6.76. The van der Waals surface area contributed by atoms with Crippen molar-refractivity contribution in [2.45, 2.75) is 6.54 Å². The highest BCUT2D eigenvalue weighted by atomic mass is 35.5. The van der Waals surface area contributed by atoms with E-state index < -0.39 is 29.1 Å². The smallest absolute Gasteiger partial charge is 0.345 e. The van der Waals surface area contributed by atoms with Crippen molar-refractivity contribution in [3.05, 3.63) is 56.6 Å². The maximum atomic E-state index is 12.1. The van der Waals surface area contributed by atoms with Crippen molar-refractivity contribution in [3.8, 4) is 17.2 Å². The molecule has 2 aromatic carbocycles. The maximum Gasteiger partial charge on any atom is 0.345 e. The third-order valence-electron chi connectivity index (χ3n) is 3.97. The summed E-state index contributed by atoms with van der Waals surface area (Å²) in [7, 11) is 4.42. The molecule has 10 nitrogen and oxygen atoms in total. The van der Waals surface area contributed by atoms with Crippen molar-refractivity contribution in [3.63, 3.8) is 0 Å². The van der Waals surface area contributed by atoms with Gasteiger partial charge in [-0.3, -0.25) is 14.9 Å². The molecule has 0 bridgehead atoms. The highest BCUT2D eigenvalue weighted by Crippen LogP contribution is 2.34. The van der Waals surface area contributed by atoms with Crippen LogP contribution in [-0.2, 0) is 16.1 Å². The summed E-state index contributed by atoms with van der Waals surface area (Å²) in [5, 5.41) is 13.7. The van der Waals surface area contributed by atoms with E-state index in [4.69, 9.17) is 30.5 Å². The SMILES string of the molecule is COc1cc(OC)c(OC)cc1CNC(=O)COC(=O)c1ccc(Cl)cc1[N+](=O)[O-]. The summed E-state index contributed by atoms with van der Waals surface area (Å²) in [5.74, 6) is -0.261. The van der Waals surface area contributed by atoms with Gasteiger partial charge in [0.1, 0.15) is 11.3 Å². The Morgan fingerprint density at radius 2 is 1.67 bits per heavy atom. The molecule has 1 amide bonds. The van der Waals surface area contributed by atoms with Crippen LogP contribution in [0.2, 0.25) is 5.02 Å². The average Bonchev–Trinajstić information content (AvgIpc) is 2.74. The number of esters is 1. The summed E-state index contributed by atoms with van der Waals surface area (Å²) in [6.45, 7) is -0.574. The minimum atomic E-state index is -1.02. The van der Waals surface area contributed by atoms with Crippen LogP contribution in [0.25, 0.3) is 0 Å². The second-order valence-electron chi connectivity index (χ2n) is 5.79. The Morgan fingerprint density at radius 3 is 2.27 bits per heavy atom. The van der Waals surface area contributed by atoms with Gasteiger partial charge in [-0.15, -0.1) is 0 Å². The van der Waals surface area contributed by atoms with Crippen molar-refractivity contribution in [1.82, 2.24) is 5.32 Å². The van der Waals surface area contributed by atoms with Crippen LogP contribution in [0, 0.1) is 10.1 Å². The number of nitro groups is 1. The topological polar surface area (TPSA) is 126 Å². The minimum absolute atomic E-state index is 0.0566. The Kier molecular flexibility index (Phi) is 7.82. The lowest BCUT2D eigenvalue weighted by atomic mass is 10.1. The number of benzene rings is 2. The lowest BCUT2D eigenvalue weighted by Gasteiger charge is -2.14. The zero-order chi connectivity index (χ0) is 22.3. The number of nitrogens with one attached hydrogen (secondary N) is 1. The zero-order valence-electron chi connectivity index (χ0n) is 16.4. The molecule has 0 unspecified atom stereocenters. The second kappa shape index (κ2) is 10.3. The van der Waals surface area contributed by atoms with Crippen LogP contribution in [0.15, 0.2) is 30.3 Å². The number of hydrogen-bond donors (Lipinski definition) is 1. The van der Waals surface area contributed by atoms with Crippen LogP contribution in [0.4, 0.5) is 5.69 Å². The lowest BCUT2D eigenvalue weighted by Crippen LogP contribution is -2.28. The Hall–Kier alpha value is -3.53. The van der Waals surface area contributed by atoms with E-state index in [1.54, 1.807) is 12.1 Å². The predicted octanol–water partition coefficient (Wildman–Crippen LogP) is 2.75. The minimum Gasteiger partial charge on any atom is -0.496 e. The third kappa shape index (κ3) is 5.51. The molecule has 2 aromatic rings. The van der Waals surface area contributed by atoms with Gasteiger partial charge in [0, 0.05) is 29.3 Å². The van der Waals surface area contributed by atoms with Gasteiger partial charge < -0.3 is 24.3 Å². The zero-order valence-corrected chi connectivity index (χ0v) is 17.1. The fourth-order valence-corrected chi connectivity index (χ4v) is 2.68. The van der Waals surface area contributed by atoms with Crippen molar-refractivity contribution in [2.24, 2.45) is 0 Å². The molecule has 160 valence electrons. The van der Waals surface area contributed by atoms with Crippen molar-refractivity contribution >= 4 is 29.2 Å². The normalized spacial score (nSPS) is 10.1. The van der Waals surface area contributed by atoms with E-state index in [9.17, 15) is 19.7 Å². The highest BCUT2D eigenvalue weighted by molar-refractivity contribution is 6.31. The third-order valence-corrected chi connectivity index (χ3v) is 4.21. The Labute approximate surface area is 176 Å². The van der Waals surface area contributed by atoms with Gasteiger partial charge in [-0.25, -0.2) is 4.79 Å². The number of halogens is 1. The fourth-order valence-electron chi connectivity index (χ4n) is 2.51. The van der Waals surface area contributed by atoms with Crippen LogP contribution in [0.1, 0.15) is 15.9 Å². The first-order chi connectivity index (χ1) is 14.3. The number of methoxy groups -OCH3 is 3. The summed E-state index contributed by atoms with van der Waals surface area (Å²) in [4.78, 5) is 34.5. The van der Waals surface area contributed by atoms with Crippen LogP contribution >= 0.6 is 11.6 Å². The lowest BCUT2D eigenvalue weighted by molar-refractivity contribution is -0.385. The Morgan fingerprint density at radius 1 is 1.03 bits per heavy atom. The van der Waals surface area contributed by atoms with Gasteiger partial charge in [0.25, 0.3) is 11.6 Å². The van der Waals surface area contributed by atoms with Crippen LogP contribution in [0.5, 0.6) is 17.2 Å². The number of ether oxygens (including phenoxy) is 4. The Balaban J connectivity index is 2.01. The number of rotatable bonds is 9. The number of carbonyl (C=O) groups is 2. The largest absolute Gasteiger partial charge is 0.496 e. The Bertz CT molecular complexity index is 964. The van der Waals surface area contributed by atoms with E-state index in [-0.39, 0.29) is 17.1 Å². The molecule has 0 aromatic heterocycles. The molecule has 0 saturated carbocycles. The van der Waals surface area contributed by atoms with Crippen LogP contribution in [0.3, 0.4) is 0 Å². The molecule has 0 saturated heterocycles. The molecule has 0 aliphatic rings. The van der Waals surface area contributed by atoms with Crippen LogP contribution < -0.4 is 19.5 Å². The molecule has 30 heavy (non-hydrogen) atoms. The van der Waals surface area contributed by atoms with E-state index in [2.05, 4.69) is 5.32 Å². The molecule has 1 N–H and O–H groups in total. The van der Waals surface area contributed by atoms with Gasteiger partial charge in [0.05, 0.1) is 26.3 Å². The molecule has 0 heterocycles. The number of nitro benzene ring substituents is 1. The summed E-state index contributed by atoms with van der Waals surface area (Å²) < 4.78 is 20.6. The van der Waals surface area contributed by atoms with E-state index in [0.29, 0.717) is 22.8 Å². The summed E-state index contributed by atoms with van der Waals surface area (Å²) in [6.07, 6.45) is 0. The molecule has 0 radical (unpaired) electrons. The van der Waals surface area contributed by atoms with E-state index in [1.165, 1.54) is 27.4 Å². The molecular weight excluding hydrogens is 420 g/mol. The first kappa shape index (κ1) is 22.8. The summed E-state index contributed by atoms with van der Waals surface area (Å²) in [5.41, 5.74) is -0.218. The number of amides is 1. The summed E-state index contributed by atoms with van der Waals surface area (Å²) >= 11 is 5.71. The van der Waals surface area contributed by atoms with Gasteiger partial charge in [-0.05, 0) is 18.2 Å². The van der Waals surface area contributed by atoms with Gasteiger partial charge in [0.15, 0.2) is 18.1 Å². The molecule has 2 rings (SSSR count). The second-order valence-corrected chi connectivity index (χ2v) is 6.23. The standard InChI is InChI=1S/C19H19ClN2O8/c1-27-15-8-17(29-3)16(28-2)6-11(15)9-21-18(23)10-30-19(24)13-5-4-12(20)7-14(13)22(25)26/h4-8H,9-10H2,1-3H3,(H,21,23). The highest BCUT2D eigenvalue weighted by Gasteiger charge is 2.22. The molecule has 0 spiro atoms. The van der Waals surface area contributed by atoms with Gasteiger partial charge in [-0.2, -0.15) is 0 Å².